The molecular formula is C16H23N3O3S. The van der Waals surface area contributed by atoms with E-state index in [4.69, 9.17) is 0 Å². The summed E-state index contributed by atoms with van der Waals surface area (Å²) in [7, 11) is -3.51. The third kappa shape index (κ3) is 2.88. The first-order valence-electron chi connectivity index (χ1n) is 7.97. The molecule has 0 bridgehead atoms. The van der Waals surface area contributed by atoms with Crippen LogP contribution in [0, 0.1) is 0 Å². The van der Waals surface area contributed by atoms with Crippen molar-refractivity contribution in [1.82, 2.24) is 9.62 Å². The fourth-order valence-electron chi connectivity index (χ4n) is 3.32. The molecule has 23 heavy (non-hydrogen) atoms. The highest BCUT2D eigenvalue weighted by Gasteiger charge is 2.34. The molecule has 0 saturated carbocycles. The van der Waals surface area contributed by atoms with Crippen molar-refractivity contribution in [2.75, 3.05) is 24.5 Å². The summed E-state index contributed by atoms with van der Waals surface area (Å²) in [5, 5.41) is 3.29. The van der Waals surface area contributed by atoms with Gasteiger partial charge in [0.15, 0.2) is 0 Å². The Hall–Kier alpha value is -1.44. The lowest BCUT2D eigenvalue weighted by molar-refractivity contribution is -0.116. The van der Waals surface area contributed by atoms with E-state index >= 15 is 0 Å². The number of benzene rings is 1. The van der Waals surface area contributed by atoms with Gasteiger partial charge in [0.25, 0.3) is 0 Å². The summed E-state index contributed by atoms with van der Waals surface area (Å²) in [5.41, 5.74) is 1.76. The highest BCUT2D eigenvalue weighted by Crippen LogP contribution is 2.31. The molecule has 6 nitrogen and oxygen atoms in total. The lowest BCUT2D eigenvalue weighted by atomic mass is 10.2. The number of fused-ring (bicyclic) bond motifs is 1. The smallest absolute Gasteiger partial charge is 0.243 e. The van der Waals surface area contributed by atoms with Crippen molar-refractivity contribution in [2.45, 2.75) is 44.2 Å². The molecule has 2 aliphatic heterocycles. The molecule has 1 aromatic rings. The first-order valence-corrected chi connectivity index (χ1v) is 9.41. The van der Waals surface area contributed by atoms with Gasteiger partial charge in [-0.25, -0.2) is 8.42 Å². The van der Waals surface area contributed by atoms with Gasteiger partial charge in [-0.15, -0.1) is 0 Å². The number of anilines is 1. The van der Waals surface area contributed by atoms with Crippen LogP contribution in [0.15, 0.2) is 23.1 Å². The maximum absolute atomic E-state index is 13.0. The molecule has 1 amide bonds. The minimum absolute atomic E-state index is 0.0103. The monoisotopic (exact) mass is 337 g/mol. The second-order valence-electron chi connectivity index (χ2n) is 6.44. The van der Waals surface area contributed by atoms with Gasteiger partial charge in [0.05, 0.1) is 4.90 Å². The average Bonchev–Trinajstić information content (AvgIpc) is 2.92. The minimum atomic E-state index is -3.51. The van der Waals surface area contributed by atoms with E-state index in [0.29, 0.717) is 31.0 Å². The summed E-state index contributed by atoms with van der Waals surface area (Å²) in [6.07, 6.45) is 0.700. The van der Waals surface area contributed by atoms with Crippen LogP contribution < -0.4 is 10.2 Å². The van der Waals surface area contributed by atoms with Crippen LogP contribution >= 0.6 is 0 Å². The Labute approximate surface area is 137 Å². The molecule has 1 fully saturated rings. The van der Waals surface area contributed by atoms with Crippen LogP contribution in [-0.4, -0.2) is 50.3 Å². The Bertz CT molecular complexity index is 732. The molecule has 2 atom stereocenters. The number of piperazine rings is 1. The quantitative estimate of drug-likeness (QED) is 0.873. The van der Waals surface area contributed by atoms with Crippen molar-refractivity contribution in [1.29, 1.82) is 0 Å². The number of hydrogen-bond donors (Lipinski definition) is 1. The summed E-state index contributed by atoms with van der Waals surface area (Å²) in [6.45, 7) is 7.19. The average molecular weight is 337 g/mol. The lowest BCUT2D eigenvalue weighted by Crippen LogP contribution is -2.56. The number of carbonyl (C=O) groups excluding carboxylic acids is 1. The van der Waals surface area contributed by atoms with E-state index in [9.17, 15) is 13.2 Å². The van der Waals surface area contributed by atoms with Crippen molar-refractivity contribution in [3.05, 3.63) is 23.8 Å². The maximum atomic E-state index is 13.0. The van der Waals surface area contributed by atoms with Gasteiger partial charge in [-0.1, -0.05) is 0 Å². The molecule has 2 heterocycles. The normalized spacial score (nSPS) is 25.4. The Morgan fingerprint density at radius 1 is 1.30 bits per heavy atom. The predicted octanol–water partition coefficient (Wildman–Crippen LogP) is 0.967. The van der Waals surface area contributed by atoms with Crippen molar-refractivity contribution >= 4 is 21.6 Å². The number of rotatable bonds is 2. The number of sulfonamides is 1. The van der Waals surface area contributed by atoms with E-state index in [1.54, 1.807) is 27.4 Å². The van der Waals surface area contributed by atoms with E-state index in [1.807, 2.05) is 13.8 Å². The fourth-order valence-corrected chi connectivity index (χ4v) is 5.09. The zero-order valence-electron chi connectivity index (χ0n) is 13.7. The molecule has 1 saturated heterocycles. The van der Waals surface area contributed by atoms with Crippen LogP contribution in [0.25, 0.3) is 0 Å². The van der Waals surface area contributed by atoms with Crippen molar-refractivity contribution < 1.29 is 13.2 Å². The van der Waals surface area contributed by atoms with E-state index in [0.717, 1.165) is 11.3 Å². The minimum Gasteiger partial charge on any atom is -0.312 e. The van der Waals surface area contributed by atoms with Gasteiger partial charge in [-0.05, 0) is 44.0 Å². The van der Waals surface area contributed by atoms with Gasteiger partial charge >= 0.3 is 0 Å². The van der Waals surface area contributed by atoms with Crippen LogP contribution in [0.3, 0.4) is 0 Å². The lowest BCUT2D eigenvalue weighted by Gasteiger charge is -2.36. The predicted molar refractivity (Wildman–Crippen MR) is 89.0 cm³/mol. The summed E-state index contributed by atoms with van der Waals surface area (Å²) < 4.78 is 27.5. The van der Waals surface area contributed by atoms with Crippen LogP contribution in [0.5, 0.6) is 0 Å². The molecule has 2 aliphatic rings. The van der Waals surface area contributed by atoms with Gasteiger partial charge in [0, 0.05) is 44.3 Å². The number of nitrogens with one attached hydrogen (secondary N) is 1. The number of carbonyl (C=O) groups is 1. The molecule has 2 unspecified atom stereocenters. The van der Waals surface area contributed by atoms with Gasteiger partial charge in [0.2, 0.25) is 15.9 Å². The molecule has 0 radical (unpaired) electrons. The summed E-state index contributed by atoms with van der Waals surface area (Å²) in [4.78, 5) is 13.6. The van der Waals surface area contributed by atoms with E-state index in [-0.39, 0.29) is 18.0 Å². The standard InChI is InChI=1S/C16H23N3O3S/c1-11-10-19(12(2)9-17-11)23(21,22)15-4-5-16-14(8-15)6-7-18(16)13(3)20/h4-5,8,11-12,17H,6-7,9-10H2,1-3H3. The van der Waals surface area contributed by atoms with E-state index < -0.39 is 10.0 Å². The van der Waals surface area contributed by atoms with E-state index in [1.165, 1.54) is 6.92 Å². The first-order chi connectivity index (χ1) is 10.8. The van der Waals surface area contributed by atoms with Gasteiger partial charge < -0.3 is 10.2 Å². The summed E-state index contributed by atoms with van der Waals surface area (Å²) >= 11 is 0. The van der Waals surface area contributed by atoms with Crippen LogP contribution in [0.1, 0.15) is 26.3 Å². The van der Waals surface area contributed by atoms with E-state index in [2.05, 4.69) is 5.32 Å². The third-order valence-electron chi connectivity index (χ3n) is 4.64. The summed E-state index contributed by atoms with van der Waals surface area (Å²) in [6, 6.07) is 5.18. The second kappa shape index (κ2) is 5.89. The highest BCUT2D eigenvalue weighted by atomic mass is 32.2. The largest absolute Gasteiger partial charge is 0.312 e. The molecule has 3 rings (SSSR count). The van der Waals surface area contributed by atoms with Crippen LogP contribution in [-0.2, 0) is 21.2 Å². The number of hydrogen-bond acceptors (Lipinski definition) is 4. The molecule has 0 aliphatic carbocycles. The Kier molecular flexibility index (Phi) is 4.20. The number of amides is 1. The van der Waals surface area contributed by atoms with Crippen molar-refractivity contribution in [3.63, 3.8) is 0 Å². The molecule has 0 spiro atoms. The molecular weight excluding hydrogens is 314 g/mol. The molecule has 1 N–H and O–H groups in total. The van der Waals surface area contributed by atoms with Crippen LogP contribution in [0.2, 0.25) is 0 Å². The third-order valence-corrected chi connectivity index (χ3v) is 6.62. The molecule has 0 aromatic heterocycles. The van der Waals surface area contributed by atoms with Crippen molar-refractivity contribution in [2.24, 2.45) is 0 Å². The molecule has 7 heteroatoms. The maximum Gasteiger partial charge on any atom is 0.243 e. The first kappa shape index (κ1) is 16.4. The van der Waals surface area contributed by atoms with Gasteiger partial charge in [-0.3, -0.25) is 4.79 Å². The van der Waals surface area contributed by atoms with Crippen LogP contribution in [0.4, 0.5) is 5.69 Å². The summed E-state index contributed by atoms with van der Waals surface area (Å²) in [5.74, 6) is -0.0103. The number of nitrogens with zero attached hydrogens (tertiary/aromatic N) is 2. The fraction of sp³-hybridized carbons (Fsp3) is 0.562. The van der Waals surface area contributed by atoms with Crippen molar-refractivity contribution in [3.8, 4) is 0 Å². The SMILES string of the molecule is CC(=O)N1CCc2cc(S(=O)(=O)N3CC(C)NCC3C)ccc21. The molecule has 1 aromatic carbocycles. The Morgan fingerprint density at radius 3 is 2.74 bits per heavy atom. The Balaban J connectivity index is 1.94. The Morgan fingerprint density at radius 2 is 2.04 bits per heavy atom. The van der Waals surface area contributed by atoms with Gasteiger partial charge in [0.1, 0.15) is 0 Å². The zero-order chi connectivity index (χ0) is 16.8. The zero-order valence-corrected chi connectivity index (χ0v) is 14.6. The van der Waals surface area contributed by atoms with Gasteiger partial charge in [-0.2, -0.15) is 4.31 Å². The topological polar surface area (TPSA) is 69.7 Å². The molecule has 126 valence electrons. The second-order valence-corrected chi connectivity index (χ2v) is 8.33. The highest BCUT2D eigenvalue weighted by molar-refractivity contribution is 7.89.